The van der Waals surface area contributed by atoms with Crippen LogP contribution in [0.25, 0.3) is 0 Å². The van der Waals surface area contributed by atoms with Crippen LogP contribution in [0, 0.1) is 5.92 Å². The van der Waals surface area contributed by atoms with Gasteiger partial charge in [0.25, 0.3) is 0 Å². The number of hydrogen-bond acceptors (Lipinski definition) is 2. The maximum absolute atomic E-state index is 3.59. The number of benzene rings is 1. The van der Waals surface area contributed by atoms with E-state index in [4.69, 9.17) is 0 Å². The lowest BCUT2D eigenvalue weighted by molar-refractivity contribution is 0.604. The van der Waals surface area contributed by atoms with Crippen LogP contribution in [-0.4, -0.2) is 11.8 Å². The van der Waals surface area contributed by atoms with Crippen LogP contribution in [0.1, 0.15) is 43.7 Å². The molecule has 0 saturated carbocycles. The topological polar surface area (TPSA) is 12.0 Å². The highest BCUT2D eigenvalue weighted by atomic mass is 32.2. The van der Waals surface area contributed by atoms with Crippen LogP contribution in [0.5, 0.6) is 0 Å². The van der Waals surface area contributed by atoms with Gasteiger partial charge in [0, 0.05) is 5.25 Å². The quantitative estimate of drug-likeness (QED) is 0.869. The number of nitrogens with one attached hydrogen (secondary N) is 1. The molecule has 1 heterocycles. The fourth-order valence-corrected chi connectivity index (χ4v) is 3.51. The van der Waals surface area contributed by atoms with E-state index in [0.29, 0.717) is 5.37 Å². The van der Waals surface area contributed by atoms with Gasteiger partial charge in [-0.15, -0.1) is 11.8 Å². The van der Waals surface area contributed by atoms with Crippen molar-refractivity contribution in [1.29, 1.82) is 0 Å². The molecule has 0 radical (unpaired) electrons. The SMILES string of the molecule is CC(C)Cc1ccc(C2NCCC(C)S2)cc1. The van der Waals surface area contributed by atoms with Crippen molar-refractivity contribution in [2.45, 2.75) is 44.2 Å². The first-order chi connectivity index (χ1) is 8.15. The van der Waals surface area contributed by atoms with Gasteiger partial charge in [-0.05, 0) is 36.4 Å². The van der Waals surface area contributed by atoms with Crippen molar-refractivity contribution >= 4 is 11.8 Å². The van der Waals surface area contributed by atoms with Crippen molar-refractivity contribution in [1.82, 2.24) is 5.32 Å². The predicted octanol–water partition coefficient (Wildman–Crippen LogP) is 4.00. The van der Waals surface area contributed by atoms with Gasteiger partial charge in [0.15, 0.2) is 0 Å². The van der Waals surface area contributed by atoms with E-state index in [1.54, 1.807) is 0 Å². The average Bonchev–Trinajstić information content (AvgIpc) is 2.29. The predicted molar refractivity (Wildman–Crippen MR) is 77.4 cm³/mol. The molecule has 94 valence electrons. The molecule has 17 heavy (non-hydrogen) atoms. The summed E-state index contributed by atoms with van der Waals surface area (Å²) in [6, 6.07) is 9.16. The Bertz CT molecular complexity index is 344. The summed E-state index contributed by atoms with van der Waals surface area (Å²) in [5, 5.41) is 4.86. The molecule has 1 aliphatic heterocycles. The molecule has 0 spiro atoms. The van der Waals surface area contributed by atoms with Gasteiger partial charge in [0.05, 0.1) is 5.37 Å². The van der Waals surface area contributed by atoms with Crippen LogP contribution in [0.15, 0.2) is 24.3 Å². The van der Waals surface area contributed by atoms with E-state index in [2.05, 4.69) is 50.4 Å². The molecule has 2 atom stereocenters. The standard InChI is InChI=1S/C15H23NS/c1-11(2)10-13-4-6-14(7-5-13)15-16-9-8-12(3)17-15/h4-7,11-12,15-16H,8-10H2,1-3H3. The minimum atomic E-state index is 0.492. The first-order valence-corrected chi connectivity index (χ1v) is 7.57. The van der Waals surface area contributed by atoms with Gasteiger partial charge >= 0.3 is 0 Å². The Morgan fingerprint density at radius 3 is 2.59 bits per heavy atom. The minimum Gasteiger partial charge on any atom is -0.302 e. The molecular weight excluding hydrogens is 226 g/mol. The molecule has 0 aliphatic carbocycles. The zero-order valence-electron chi connectivity index (χ0n) is 11.1. The highest BCUT2D eigenvalue weighted by Gasteiger charge is 2.19. The van der Waals surface area contributed by atoms with Crippen molar-refractivity contribution in [2.24, 2.45) is 5.92 Å². The molecule has 1 aromatic rings. The van der Waals surface area contributed by atoms with Crippen molar-refractivity contribution < 1.29 is 0 Å². The first-order valence-electron chi connectivity index (χ1n) is 6.63. The smallest absolute Gasteiger partial charge is 0.0792 e. The van der Waals surface area contributed by atoms with Crippen molar-refractivity contribution in [2.75, 3.05) is 6.54 Å². The van der Waals surface area contributed by atoms with Gasteiger partial charge in [-0.25, -0.2) is 0 Å². The molecule has 0 amide bonds. The van der Waals surface area contributed by atoms with E-state index >= 15 is 0 Å². The van der Waals surface area contributed by atoms with E-state index in [9.17, 15) is 0 Å². The summed E-state index contributed by atoms with van der Waals surface area (Å²) in [6.45, 7) is 8.01. The molecule has 1 aliphatic rings. The van der Waals surface area contributed by atoms with Gasteiger partial charge in [0.2, 0.25) is 0 Å². The lowest BCUT2D eigenvalue weighted by Crippen LogP contribution is -2.28. The number of hydrogen-bond donors (Lipinski definition) is 1. The number of thioether (sulfide) groups is 1. The fraction of sp³-hybridized carbons (Fsp3) is 0.600. The Morgan fingerprint density at radius 2 is 2.00 bits per heavy atom. The molecule has 0 aromatic heterocycles. The molecule has 1 aromatic carbocycles. The molecule has 0 bridgehead atoms. The van der Waals surface area contributed by atoms with E-state index in [1.165, 1.54) is 24.0 Å². The third-order valence-corrected chi connectivity index (χ3v) is 4.59. The lowest BCUT2D eigenvalue weighted by Gasteiger charge is -2.28. The monoisotopic (exact) mass is 249 g/mol. The average molecular weight is 249 g/mol. The Labute approximate surface area is 109 Å². The summed E-state index contributed by atoms with van der Waals surface area (Å²) in [5.41, 5.74) is 2.88. The summed E-state index contributed by atoms with van der Waals surface area (Å²) in [4.78, 5) is 0. The van der Waals surface area contributed by atoms with Gasteiger partial charge in [-0.1, -0.05) is 45.0 Å². The zero-order valence-corrected chi connectivity index (χ0v) is 11.9. The van der Waals surface area contributed by atoms with Crippen LogP contribution < -0.4 is 5.32 Å². The maximum Gasteiger partial charge on any atom is 0.0792 e. The third kappa shape index (κ3) is 3.75. The Morgan fingerprint density at radius 1 is 1.29 bits per heavy atom. The second-order valence-electron chi connectivity index (χ2n) is 5.41. The summed E-state index contributed by atoms with van der Waals surface area (Å²) in [6.07, 6.45) is 2.47. The van der Waals surface area contributed by atoms with E-state index in [-0.39, 0.29) is 0 Å². The molecule has 1 N–H and O–H groups in total. The van der Waals surface area contributed by atoms with Crippen LogP contribution in [0.3, 0.4) is 0 Å². The van der Waals surface area contributed by atoms with E-state index < -0.39 is 0 Å². The Balaban J connectivity index is 2.01. The molecular formula is C15H23NS. The van der Waals surface area contributed by atoms with Crippen LogP contribution in [0.2, 0.25) is 0 Å². The zero-order chi connectivity index (χ0) is 12.3. The van der Waals surface area contributed by atoms with Crippen molar-refractivity contribution in [3.05, 3.63) is 35.4 Å². The second kappa shape index (κ2) is 5.92. The molecule has 2 rings (SSSR count). The second-order valence-corrected chi connectivity index (χ2v) is 6.96. The van der Waals surface area contributed by atoms with Gasteiger partial charge in [-0.2, -0.15) is 0 Å². The summed E-state index contributed by atoms with van der Waals surface area (Å²) >= 11 is 2.05. The molecule has 1 saturated heterocycles. The molecule has 2 unspecified atom stereocenters. The molecule has 2 heteroatoms. The van der Waals surface area contributed by atoms with Crippen LogP contribution >= 0.6 is 11.8 Å². The van der Waals surface area contributed by atoms with Gasteiger partial charge in [0.1, 0.15) is 0 Å². The Kier molecular flexibility index (Phi) is 4.52. The molecule has 1 nitrogen and oxygen atoms in total. The summed E-state index contributed by atoms with van der Waals surface area (Å²) in [5.74, 6) is 0.739. The fourth-order valence-electron chi connectivity index (χ4n) is 2.26. The Hall–Kier alpha value is -0.470. The van der Waals surface area contributed by atoms with E-state index in [1.807, 2.05) is 11.8 Å². The normalized spacial score (nSPS) is 25.2. The highest BCUT2D eigenvalue weighted by Crippen LogP contribution is 2.34. The third-order valence-electron chi connectivity index (χ3n) is 3.18. The number of rotatable bonds is 3. The summed E-state index contributed by atoms with van der Waals surface area (Å²) in [7, 11) is 0. The van der Waals surface area contributed by atoms with Crippen LogP contribution in [0.4, 0.5) is 0 Å². The van der Waals surface area contributed by atoms with Crippen molar-refractivity contribution in [3.8, 4) is 0 Å². The maximum atomic E-state index is 3.59. The highest BCUT2D eigenvalue weighted by molar-refractivity contribution is 8.00. The first kappa shape index (κ1) is 13.0. The molecule has 1 fully saturated rings. The minimum absolute atomic E-state index is 0.492. The van der Waals surface area contributed by atoms with Crippen LogP contribution in [-0.2, 0) is 6.42 Å². The largest absolute Gasteiger partial charge is 0.302 e. The van der Waals surface area contributed by atoms with Gasteiger partial charge < -0.3 is 5.32 Å². The van der Waals surface area contributed by atoms with Crippen molar-refractivity contribution in [3.63, 3.8) is 0 Å². The van der Waals surface area contributed by atoms with Gasteiger partial charge in [-0.3, -0.25) is 0 Å². The lowest BCUT2D eigenvalue weighted by atomic mass is 10.0. The van der Waals surface area contributed by atoms with E-state index in [0.717, 1.165) is 17.7 Å². The summed E-state index contributed by atoms with van der Waals surface area (Å²) < 4.78 is 0.